The van der Waals surface area contributed by atoms with Crippen LogP contribution >= 0.6 is 0 Å². The fraction of sp³-hybridized carbons (Fsp3) is 0.250. The topological polar surface area (TPSA) is 98.9 Å². The molecule has 0 unspecified atom stereocenters. The number of allylic oxidation sites excluding steroid dienone is 1. The third kappa shape index (κ3) is 16.6. The second-order valence-corrected chi connectivity index (χ2v) is 2.00. The highest BCUT2D eigenvalue weighted by molar-refractivity contribution is 5.80. The van der Waals surface area contributed by atoms with Crippen LogP contribution in [0, 0.1) is 0 Å². The van der Waals surface area contributed by atoms with Crippen molar-refractivity contribution in [2.24, 2.45) is 5.73 Å². The first-order valence-electron chi connectivity index (χ1n) is 3.47. The summed E-state index contributed by atoms with van der Waals surface area (Å²) in [5.74, 6) is -1.58. The largest absolute Gasteiger partial charge is 0.478 e. The molecule has 0 rings (SSSR count). The molecule has 80 valence electrons. The summed E-state index contributed by atoms with van der Waals surface area (Å²) in [5, 5.41) is 7.93. The number of hydrogen-bond acceptors (Lipinski definition) is 5. The monoisotopic (exact) mass is 203 g/mol. The SMILES string of the molecule is C=CC(=O)OOC.CC(N)=CC(=O)O. The second kappa shape index (κ2) is 9.27. The quantitative estimate of drug-likeness (QED) is 0.386. The smallest absolute Gasteiger partial charge is 0.365 e. The fourth-order valence-electron chi connectivity index (χ4n) is 0.311. The Labute approximate surface area is 81.5 Å². The van der Waals surface area contributed by atoms with Crippen molar-refractivity contribution in [2.75, 3.05) is 7.11 Å². The fourth-order valence-corrected chi connectivity index (χ4v) is 0.311. The van der Waals surface area contributed by atoms with Gasteiger partial charge in [-0.3, -0.25) is 4.89 Å². The lowest BCUT2D eigenvalue weighted by Crippen LogP contribution is -1.96. The molecule has 0 heterocycles. The van der Waals surface area contributed by atoms with E-state index in [-0.39, 0.29) is 0 Å². The molecule has 0 aromatic carbocycles. The van der Waals surface area contributed by atoms with Crippen LogP contribution in [-0.4, -0.2) is 24.2 Å². The third-order valence-electron chi connectivity index (χ3n) is 0.683. The summed E-state index contributed by atoms with van der Waals surface area (Å²) < 4.78 is 0. The molecule has 0 aromatic rings. The zero-order valence-corrected chi connectivity index (χ0v) is 8.02. The van der Waals surface area contributed by atoms with Gasteiger partial charge in [-0.15, -0.1) is 0 Å². The number of hydrogen-bond donors (Lipinski definition) is 2. The first kappa shape index (κ1) is 14.7. The average Bonchev–Trinajstić information content (AvgIpc) is 2.03. The minimum Gasteiger partial charge on any atom is -0.478 e. The van der Waals surface area contributed by atoms with Crippen LogP contribution in [0.25, 0.3) is 0 Å². The Balaban J connectivity index is 0. The van der Waals surface area contributed by atoms with Gasteiger partial charge in [0.2, 0.25) is 0 Å². The molecule has 0 aromatic heterocycles. The molecular weight excluding hydrogens is 190 g/mol. The van der Waals surface area contributed by atoms with E-state index < -0.39 is 11.9 Å². The summed E-state index contributed by atoms with van der Waals surface area (Å²) >= 11 is 0. The van der Waals surface area contributed by atoms with Gasteiger partial charge in [0.05, 0.1) is 7.11 Å². The maximum absolute atomic E-state index is 9.95. The summed E-state index contributed by atoms with van der Waals surface area (Å²) in [6.45, 7) is 4.65. The summed E-state index contributed by atoms with van der Waals surface area (Å²) in [7, 11) is 1.25. The van der Waals surface area contributed by atoms with Gasteiger partial charge in [0.1, 0.15) is 0 Å². The minimum atomic E-state index is -1.000. The summed E-state index contributed by atoms with van der Waals surface area (Å²) in [6.07, 6.45) is 1.96. The van der Waals surface area contributed by atoms with Crippen LogP contribution in [-0.2, 0) is 19.4 Å². The summed E-state index contributed by atoms with van der Waals surface area (Å²) in [5.41, 5.74) is 5.29. The van der Waals surface area contributed by atoms with Gasteiger partial charge in [0.15, 0.2) is 0 Å². The second-order valence-electron chi connectivity index (χ2n) is 2.00. The molecule has 6 heteroatoms. The Kier molecular flexibility index (Phi) is 9.73. The van der Waals surface area contributed by atoms with Gasteiger partial charge in [-0.05, 0) is 6.92 Å². The van der Waals surface area contributed by atoms with Crippen molar-refractivity contribution in [3.63, 3.8) is 0 Å². The van der Waals surface area contributed by atoms with Crippen LogP contribution in [0.15, 0.2) is 24.4 Å². The number of carbonyl (C=O) groups excluding carboxylic acids is 1. The molecule has 3 N–H and O–H groups in total. The van der Waals surface area contributed by atoms with E-state index in [0.717, 1.165) is 12.2 Å². The van der Waals surface area contributed by atoms with E-state index in [9.17, 15) is 9.59 Å². The Morgan fingerprint density at radius 2 is 2.00 bits per heavy atom. The molecule has 0 amide bonds. The standard InChI is InChI=1S/C4H7NO2.C4H6O3/c1-3(5)2-4(6)7;1-3-4(5)7-6-2/h2H,5H2,1H3,(H,6,7);3H,1H2,2H3. The Bertz CT molecular complexity index is 230. The predicted molar refractivity (Wildman–Crippen MR) is 48.9 cm³/mol. The lowest BCUT2D eigenvalue weighted by Gasteiger charge is -1.88. The van der Waals surface area contributed by atoms with Crippen molar-refractivity contribution in [2.45, 2.75) is 6.92 Å². The van der Waals surface area contributed by atoms with E-state index in [1.165, 1.54) is 14.0 Å². The number of carbonyl (C=O) groups is 2. The van der Waals surface area contributed by atoms with Crippen LogP contribution in [0.4, 0.5) is 0 Å². The van der Waals surface area contributed by atoms with Gasteiger partial charge in [0, 0.05) is 17.8 Å². The van der Waals surface area contributed by atoms with Gasteiger partial charge in [-0.25, -0.2) is 9.59 Å². The van der Waals surface area contributed by atoms with E-state index in [1.54, 1.807) is 0 Å². The van der Waals surface area contributed by atoms with E-state index in [2.05, 4.69) is 16.4 Å². The van der Waals surface area contributed by atoms with Crippen LogP contribution < -0.4 is 5.73 Å². The zero-order valence-electron chi connectivity index (χ0n) is 8.02. The van der Waals surface area contributed by atoms with Crippen molar-refractivity contribution in [3.05, 3.63) is 24.4 Å². The van der Waals surface area contributed by atoms with Crippen molar-refractivity contribution >= 4 is 11.9 Å². The molecule has 6 nitrogen and oxygen atoms in total. The maximum Gasteiger partial charge on any atom is 0.365 e. The number of rotatable bonds is 3. The van der Waals surface area contributed by atoms with Crippen molar-refractivity contribution in [3.8, 4) is 0 Å². The first-order valence-corrected chi connectivity index (χ1v) is 3.47. The number of carboxylic acids is 1. The van der Waals surface area contributed by atoms with Crippen molar-refractivity contribution < 1.29 is 24.5 Å². The van der Waals surface area contributed by atoms with E-state index in [0.29, 0.717) is 5.70 Å². The minimum absolute atomic E-state index is 0.313. The first-order chi connectivity index (χ1) is 6.43. The van der Waals surface area contributed by atoms with E-state index >= 15 is 0 Å². The van der Waals surface area contributed by atoms with Crippen molar-refractivity contribution in [1.82, 2.24) is 0 Å². The summed E-state index contributed by atoms with van der Waals surface area (Å²) in [6, 6.07) is 0. The van der Waals surface area contributed by atoms with Crippen LogP contribution in [0.2, 0.25) is 0 Å². The lowest BCUT2D eigenvalue weighted by molar-refractivity contribution is -0.249. The normalized spacial score (nSPS) is 9.43. The molecule has 0 aliphatic carbocycles. The number of nitrogens with two attached hydrogens (primary N) is 1. The molecular formula is C8H13NO5. The molecule has 0 spiro atoms. The molecule has 0 saturated heterocycles. The van der Waals surface area contributed by atoms with Crippen molar-refractivity contribution in [1.29, 1.82) is 0 Å². The Morgan fingerprint density at radius 3 is 2.07 bits per heavy atom. The number of carboxylic acid groups (broad SMARTS) is 1. The average molecular weight is 203 g/mol. The molecule has 0 aliphatic rings. The van der Waals surface area contributed by atoms with Gasteiger partial charge in [0.25, 0.3) is 0 Å². The molecule has 14 heavy (non-hydrogen) atoms. The molecule has 0 aliphatic heterocycles. The molecule has 0 bridgehead atoms. The highest BCUT2D eigenvalue weighted by Gasteiger charge is 1.89. The lowest BCUT2D eigenvalue weighted by atomic mass is 10.5. The Hall–Kier alpha value is -1.82. The molecule has 0 saturated carbocycles. The van der Waals surface area contributed by atoms with E-state index in [1.807, 2.05) is 0 Å². The number of aliphatic carboxylic acids is 1. The van der Waals surface area contributed by atoms with Gasteiger partial charge in [-0.1, -0.05) is 6.58 Å². The zero-order chi connectivity index (χ0) is 11.6. The predicted octanol–water partition coefficient (Wildman–Crippen LogP) is 0.210. The third-order valence-corrected chi connectivity index (χ3v) is 0.683. The van der Waals surface area contributed by atoms with Gasteiger partial charge in [-0.2, -0.15) is 4.89 Å². The molecule has 0 radical (unpaired) electrons. The van der Waals surface area contributed by atoms with Gasteiger partial charge < -0.3 is 10.8 Å². The highest BCUT2D eigenvalue weighted by atomic mass is 17.2. The maximum atomic E-state index is 9.95. The Morgan fingerprint density at radius 1 is 1.50 bits per heavy atom. The van der Waals surface area contributed by atoms with Crippen LogP contribution in [0.1, 0.15) is 6.92 Å². The van der Waals surface area contributed by atoms with E-state index in [4.69, 9.17) is 10.8 Å². The van der Waals surface area contributed by atoms with Crippen LogP contribution in [0.3, 0.4) is 0 Å². The van der Waals surface area contributed by atoms with Crippen LogP contribution in [0.5, 0.6) is 0 Å². The highest BCUT2D eigenvalue weighted by Crippen LogP contribution is 1.76. The molecule has 0 fully saturated rings. The summed E-state index contributed by atoms with van der Waals surface area (Å²) in [4.78, 5) is 27.5. The van der Waals surface area contributed by atoms with Gasteiger partial charge >= 0.3 is 11.9 Å². The molecule has 0 atom stereocenters.